The molecular weight excluding hydrogens is 1910 g/mol. The van der Waals surface area contributed by atoms with Gasteiger partial charge in [-0.05, 0) is 134 Å². The quantitative estimate of drug-likeness (QED) is 0.0117. The summed E-state index contributed by atoms with van der Waals surface area (Å²) in [5.41, 5.74) is 20.6. The van der Waals surface area contributed by atoms with E-state index in [4.69, 9.17) is 63.9 Å². The van der Waals surface area contributed by atoms with Crippen LogP contribution in [0, 0.1) is 28.2 Å². The predicted molar refractivity (Wildman–Crippen MR) is 477 cm³/mol. The van der Waals surface area contributed by atoms with Crippen LogP contribution in [0.5, 0.6) is 0 Å². The van der Waals surface area contributed by atoms with Crippen LogP contribution in [0.15, 0.2) is 84.9 Å². The molecule has 0 aliphatic heterocycles. The molecule has 2 aromatic heterocycles. The number of carbonyl (C=O) groups excluding carboxylic acids is 6. The van der Waals surface area contributed by atoms with Gasteiger partial charge in [-0.3, -0.25) is 24.0 Å². The van der Waals surface area contributed by atoms with Gasteiger partial charge in [-0.1, -0.05) is 41.2 Å². The molecule has 30 heteroatoms. The molecular formula is C86H135IN10O16Sn3. The van der Waals surface area contributed by atoms with Crippen LogP contribution >= 0.6 is 22.6 Å². The number of Topliss-reactive ketones (excluding diaryl/α,β-unsaturated/α-hetero) is 2. The molecule has 4 amide bonds. The number of nitrogens with two attached hydrogens (primary N) is 2. The number of nitrogens with zero attached hydrogens (tertiary/aromatic N) is 4. The SMILES string of the molecule is C.Cc1nn(-c2ccc(C(N)=O)c(NCCCOCCOCCOCCOCCOCCCNC(=O)c3ccc[c]([Sn]([CH3])([CH3])[CH3])c3)c2)c2c1C(=O)CC(C)(C)C2.Cc1nn(-c2ccc(C(N)=O)c(NCCCOCCOCCOCCOCCOCCCNC(=O)c3cccc(I)c3)c2)c2c1C(=O)CC(C)(C)C2.[CH3][Sn]([CH3])[CH3].[CH3][Sn]([CH3])[CH3]. The first-order chi connectivity index (χ1) is 54.8. The Bertz CT molecular complexity index is 3950. The number of nitrogens with one attached hydrogen (secondary N) is 4. The Labute approximate surface area is 722 Å². The average molecular weight is 2050 g/mol. The molecule has 26 nitrogen and oxygen atoms in total. The molecule has 2 aliphatic rings. The van der Waals surface area contributed by atoms with E-state index in [1.165, 1.54) is 3.58 Å². The summed E-state index contributed by atoms with van der Waals surface area (Å²) in [4.78, 5) is 95.8. The number of aryl methyl sites for hydroxylation is 2. The van der Waals surface area contributed by atoms with Gasteiger partial charge in [0.15, 0.2) is 11.6 Å². The Kier molecular flexibility index (Phi) is 49.6. The molecule has 6 aromatic rings. The normalized spacial score (nSPS) is 13.3. The number of hydrogen-bond acceptors (Lipinski definition) is 20. The zero-order valence-corrected chi connectivity index (χ0v) is 81.8. The van der Waals surface area contributed by atoms with Gasteiger partial charge in [-0.2, -0.15) is 10.2 Å². The number of halogens is 1. The van der Waals surface area contributed by atoms with Crippen molar-refractivity contribution < 1.29 is 76.1 Å². The summed E-state index contributed by atoms with van der Waals surface area (Å²) < 4.78 is 61.9. The van der Waals surface area contributed by atoms with E-state index in [1.54, 1.807) is 18.2 Å². The van der Waals surface area contributed by atoms with Gasteiger partial charge >= 0.3 is 194 Å². The molecule has 8 N–H and O–H groups in total. The van der Waals surface area contributed by atoms with Crippen molar-refractivity contribution in [3.63, 3.8) is 0 Å². The zero-order chi connectivity index (χ0) is 84.4. The van der Waals surface area contributed by atoms with Crippen molar-refractivity contribution in [2.45, 2.75) is 145 Å². The molecule has 0 saturated carbocycles. The number of amides is 4. The molecule has 0 fully saturated rings. The second-order valence-corrected chi connectivity index (χ2v) is 64.8. The number of aromatic nitrogens is 4. The Morgan fingerprint density at radius 1 is 0.448 bits per heavy atom. The molecule has 0 saturated heterocycles. The molecule has 0 unspecified atom stereocenters. The second kappa shape index (κ2) is 55.7. The Morgan fingerprint density at radius 2 is 0.750 bits per heavy atom. The van der Waals surface area contributed by atoms with Gasteiger partial charge < -0.3 is 65.3 Å². The monoisotopic (exact) mass is 2050 g/mol. The number of rotatable bonds is 49. The summed E-state index contributed by atoms with van der Waals surface area (Å²) in [5.74, 6) is -0.921. The summed E-state index contributed by atoms with van der Waals surface area (Å²) in [5, 5.41) is 21.9. The van der Waals surface area contributed by atoms with E-state index in [1.807, 2.05) is 83.9 Å². The third-order valence-electron chi connectivity index (χ3n) is 17.6. The van der Waals surface area contributed by atoms with Crippen LogP contribution in [0.4, 0.5) is 11.4 Å². The van der Waals surface area contributed by atoms with E-state index in [2.05, 4.69) is 127 Å². The van der Waals surface area contributed by atoms with Crippen molar-refractivity contribution >= 4 is 131 Å². The predicted octanol–water partition coefficient (Wildman–Crippen LogP) is 12.8. The Morgan fingerprint density at radius 3 is 1.06 bits per heavy atom. The minimum absolute atomic E-state index is 0. The van der Waals surface area contributed by atoms with Crippen molar-refractivity contribution in [1.82, 2.24) is 30.2 Å². The second-order valence-electron chi connectivity index (χ2n) is 32.0. The molecule has 8 rings (SSSR count). The minimum atomic E-state index is -2.21. The number of ketones is 2. The molecule has 2 heterocycles. The van der Waals surface area contributed by atoms with Gasteiger partial charge in [-0.25, -0.2) is 9.36 Å². The number of ether oxygens (including phenoxy) is 10. The Balaban J connectivity index is 0.000000444. The van der Waals surface area contributed by atoms with Gasteiger partial charge in [-0.15, -0.1) is 0 Å². The van der Waals surface area contributed by atoms with Crippen LogP contribution in [-0.2, 0) is 60.2 Å². The van der Waals surface area contributed by atoms with Crippen molar-refractivity contribution in [2.24, 2.45) is 22.3 Å². The third-order valence-corrected chi connectivity index (χ3v) is 24.1. The van der Waals surface area contributed by atoms with Crippen molar-refractivity contribution in [2.75, 3.05) is 169 Å². The van der Waals surface area contributed by atoms with Crippen molar-refractivity contribution in [3.05, 3.63) is 145 Å². The number of carbonyl (C=O) groups is 6. The number of hydrogen-bond donors (Lipinski definition) is 6. The van der Waals surface area contributed by atoms with Crippen LogP contribution < -0.4 is 36.3 Å². The van der Waals surface area contributed by atoms with Gasteiger partial charge in [0.25, 0.3) is 17.7 Å². The summed E-state index contributed by atoms with van der Waals surface area (Å²) in [7, 11) is 0. The number of primary amides is 2. The summed E-state index contributed by atoms with van der Waals surface area (Å²) in [6.07, 6.45) is 5.36. The third kappa shape index (κ3) is 39.6. The van der Waals surface area contributed by atoms with Gasteiger partial charge in [0.1, 0.15) is 0 Å². The van der Waals surface area contributed by atoms with E-state index >= 15 is 0 Å². The van der Waals surface area contributed by atoms with Crippen LogP contribution in [0.25, 0.3) is 11.4 Å². The van der Waals surface area contributed by atoms with E-state index in [0.29, 0.717) is 235 Å². The van der Waals surface area contributed by atoms with Crippen molar-refractivity contribution in [3.8, 4) is 11.4 Å². The zero-order valence-electron chi connectivity index (χ0n) is 71.1. The Hall–Kier alpha value is -5.15. The molecule has 644 valence electrons. The van der Waals surface area contributed by atoms with E-state index in [-0.39, 0.29) is 41.6 Å². The fourth-order valence-corrected chi connectivity index (χ4v) is 16.2. The summed E-state index contributed by atoms with van der Waals surface area (Å²) in [6, 6.07) is 26.2. The first kappa shape index (κ1) is 103. The number of fused-ring (bicyclic) bond motifs is 2. The maximum atomic E-state index is 12.9. The number of benzene rings is 4. The summed E-state index contributed by atoms with van der Waals surface area (Å²) >= 11 is -1.10. The molecule has 0 spiro atoms. The van der Waals surface area contributed by atoms with Crippen LogP contribution in [-0.4, -0.2) is 271 Å². The molecule has 116 heavy (non-hydrogen) atoms. The van der Waals surface area contributed by atoms with Gasteiger partial charge in [0.2, 0.25) is 0 Å². The molecule has 2 aliphatic carbocycles. The van der Waals surface area contributed by atoms with Crippen LogP contribution in [0.3, 0.4) is 0 Å². The van der Waals surface area contributed by atoms with E-state index in [9.17, 15) is 28.8 Å². The number of anilines is 2. The fraction of sp³-hybridized carbons (Fsp3) is 0.581. The first-order valence-electron chi connectivity index (χ1n) is 40.1. The van der Waals surface area contributed by atoms with E-state index < -0.39 is 69.7 Å². The fourth-order valence-electron chi connectivity index (χ4n) is 12.2. The van der Waals surface area contributed by atoms with E-state index in [0.717, 1.165) is 57.6 Å². The van der Waals surface area contributed by atoms with Crippen LogP contribution in [0.2, 0.25) is 44.5 Å². The van der Waals surface area contributed by atoms with Crippen molar-refractivity contribution in [1.29, 1.82) is 0 Å². The maximum absolute atomic E-state index is 12.9. The average Bonchev–Trinajstić information content (AvgIpc) is 1.61. The molecule has 2 radical (unpaired) electrons. The van der Waals surface area contributed by atoms with Gasteiger partial charge in [0, 0.05) is 72.8 Å². The first-order valence-corrected chi connectivity index (χ1v) is 68.3. The standard InChI is InChI=1S/C38H52IN5O8.C38H52N5O8.CH4.9CH3.3Sn/c1-27-35-33(25-38(2,3)26-34(35)45)44(43-27)30-9-10-31(36(40)46)32(24-30)41-11-5-13-48-15-17-50-19-21-52-22-20-51-18-16-49-14-6-12-42-37(47)28-7-4-8-29(39)23-28;1-28-35-33(26-38(2,3)27-34(35)44)43(42-28)30-11-12-31(36(39)45)32(25-30)40-13-7-15-47-17-19-49-21-23-51-24-22-50-20-18-48-16-8-14-41-37(46)29-9-5-4-6-10-29;;;;;;;;;;;;;/h4,7-10,23-24,41H,5-6,11-22,25-26H2,1-3H3,(H2,40,46)(H,42,47);4-5,9-12,25,40H,7-8,13-24,26-27H2,1-3H3,(H2,39,45)(H,41,46);1H4;9*1H3;;;. The molecule has 0 bridgehead atoms. The summed E-state index contributed by atoms with van der Waals surface area (Å²) in [6.45, 7) is 24.1. The molecule has 0 atom stereocenters. The van der Waals surface area contributed by atoms with Gasteiger partial charge in [0.05, 0.1) is 149 Å². The topological polar surface area (TPSA) is 331 Å². The molecule has 4 aromatic carbocycles. The van der Waals surface area contributed by atoms with Crippen LogP contribution in [0.1, 0.15) is 159 Å².